The standard InChI is InChI=1S/C16H17ClN2O3S/c1-10-9-18(6-7-22-10)15(21)16-5-4-14(20)19(16)12-8-11(17)2-3-13(12)23-16/h2-3,8,10H,4-7,9H2,1H3/t10-,16-/m0/s1. The Morgan fingerprint density at radius 3 is 3.09 bits per heavy atom. The Labute approximate surface area is 143 Å². The molecule has 7 heteroatoms. The van der Waals surface area contributed by atoms with Gasteiger partial charge >= 0.3 is 0 Å². The summed E-state index contributed by atoms with van der Waals surface area (Å²) in [6, 6.07) is 5.48. The van der Waals surface area contributed by atoms with Gasteiger partial charge in [-0.25, -0.2) is 0 Å². The van der Waals surface area contributed by atoms with E-state index < -0.39 is 4.87 Å². The van der Waals surface area contributed by atoms with Gasteiger partial charge in [0.25, 0.3) is 5.91 Å². The van der Waals surface area contributed by atoms with Gasteiger partial charge in [-0.3, -0.25) is 14.5 Å². The van der Waals surface area contributed by atoms with Gasteiger partial charge in [0.1, 0.15) is 0 Å². The van der Waals surface area contributed by atoms with Crippen LogP contribution in [0.5, 0.6) is 0 Å². The topological polar surface area (TPSA) is 49.9 Å². The van der Waals surface area contributed by atoms with Gasteiger partial charge in [-0.2, -0.15) is 0 Å². The van der Waals surface area contributed by atoms with E-state index in [2.05, 4.69) is 0 Å². The molecule has 3 aliphatic heterocycles. The first-order chi connectivity index (χ1) is 11.0. The highest BCUT2D eigenvalue weighted by atomic mass is 35.5. The predicted molar refractivity (Wildman–Crippen MR) is 88.8 cm³/mol. The molecule has 0 aliphatic carbocycles. The lowest BCUT2D eigenvalue weighted by Crippen LogP contribution is -2.57. The third kappa shape index (κ3) is 2.27. The number of nitrogens with zero attached hydrogens (tertiary/aromatic N) is 2. The van der Waals surface area contributed by atoms with Gasteiger partial charge in [-0.15, -0.1) is 0 Å². The number of rotatable bonds is 1. The molecule has 0 aromatic heterocycles. The van der Waals surface area contributed by atoms with Gasteiger partial charge in [0.15, 0.2) is 4.87 Å². The fraction of sp³-hybridized carbons (Fsp3) is 0.500. The Morgan fingerprint density at radius 1 is 1.48 bits per heavy atom. The van der Waals surface area contributed by atoms with Crippen LogP contribution in [0.2, 0.25) is 5.02 Å². The van der Waals surface area contributed by atoms with E-state index >= 15 is 0 Å². The van der Waals surface area contributed by atoms with Crippen LogP contribution in [0, 0.1) is 0 Å². The van der Waals surface area contributed by atoms with Gasteiger partial charge < -0.3 is 9.64 Å². The van der Waals surface area contributed by atoms with Gasteiger partial charge in [0.05, 0.1) is 18.4 Å². The molecule has 2 fully saturated rings. The van der Waals surface area contributed by atoms with Crippen molar-refractivity contribution in [1.29, 1.82) is 0 Å². The van der Waals surface area contributed by atoms with Gasteiger partial charge in [0.2, 0.25) is 5.91 Å². The number of hydrogen-bond donors (Lipinski definition) is 0. The first-order valence-electron chi connectivity index (χ1n) is 7.74. The minimum Gasteiger partial charge on any atom is -0.375 e. The van der Waals surface area contributed by atoms with E-state index in [1.54, 1.807) is 17.0 Å². The zero-order valence-corrected chi connectivity index (χ0v) is 14.3. The van der Waals surface area contributed by atoms with Crippen molar-refractivity contribution in [3.8, 4) is 0 Å². The number of ether oxygens (including phenoxy) is 1. The summed E-state index contributed by atoms with van der Waals surface area (Å²) in [5, 5.41) is 0.576. The van der Waals surface area contributed by atoms with Crippen LogP contribution in [0.3, 0.4) is 0 Å². The summed E-state index contributed by atoms with van der Waals surface area (Å²) in [4.78, 5) is 29.3. The van der Waals surface area contributed by atoms with Crippen LogP contribution in [0.15, 0.2) is 23.1 Å². The third-order valence-electron chi connectivity index (χ3n) is 4.59. The van der Waals surface area contributed by atoms with E-state index in [9.17, 15) is 9.59 Å². The molecule has 0 unspecified atom stereocenters. The number of thioether (sulfide) groups is 1. The maximum Gasteiger partial charge on any atom is 0.260 e. The van der Waals surface area contributed by atoms with E-state index in [0.29, 0.717) is 37.6 Å². The molecule has 2 saturated heterocycles. The van der Waals surface area contributed by atoms with Gasteiger partial charge in [-0.1, -0.05) is 23.4 Å². The summed E-state index contributed by atoms with van der Waals surface area (Å²) in [6.45, 7) is 3.65. The zero-order chi connectivity index (χ0) is 16.2. The monoisotopic (exact) mass is 352 g/mol. The molecule has 0 radical (unpaired) electrons. The molecule has 0 spiro atoms. The average Bonchev–Trinajstić information content (AvgIpc) is 3.03. The van der Waals surface area contributed by atoms with Crippen LogP contribution in [0.1, 0.15) is 19.8 Å². The van der Waals surface area contributed by atoms with Crippen molar-refractivity contribution in [2.24, 2.45) is 0 Å². The van der Waals surface area contributed by atoms with E-state index in [-0.39, 0.29) is 17.9 Å². The Balaban J connectivity index is 1.72. The largest absolute Gasteiger partial charge is 0.375 e. The number of halogens is 1. The molecule has 3 aliphatic rings. The van der Waals surface area contributed by atoms with Crippen LogP contribution in [0.25, 0.3) is 0 Å². The van der Waals surface area contributed by atoms with Crippen molar-refractivity contribution in [1.82, 2.24) is 4.90 Å². The second-order valence-corrected chi connectivity index (χ2v) is 7.92. The summed E-state index contributed by atoms with van der Waals surface area (Å²) in [7, 11) is 0. The lowest BCUT2D eigenvalue weighted by atomic mass is 10.1. The first kappa shape index (κ1) is 15.3. The Morgan fingerprint density at radius 2 is 2.30 bits per heavy atom. The molecule has 4 rings (SSSR count). The zero-order valence-electron chi connectivity index (χ0n) is 12.8. The molecule has 5 nitrogen and oxygen atoms in total. The summed E-state index contributed by atoms with van der Waals surface area (Å²) in [5.74, 6) is 0.00370. The van der Waals surface area contributed by atoms with Gasteiger partial charge in [0, 0.05) is 29.4 Å². The molecule has 0 saturated carbocycles. The predicted octanol–water partition coefficient (Wildman–Crippen LogP) is 2.52. The number of hydrogen-bond acceptors (Lipinski definition) is 4. The Bertz CT molecular complexity index is 698. The van der Waals surface area contributed by atoms with Crippen LogP contribution in [-0.4, -0.2) is 47.4 Å². The fourth-order valence-electron chi connectivity index (χ4n) is 3.56. The van der Waals surface area contributed by atoms with Crippen molar-refractivity contribution < 1.29 is 14.3 Å². The molecule has 122 valence electrons. The quantitative estimate of drug-likeness (QED) is 0.779. The number of benzene rings is 1. The van der Waals surface area contributed by atoms with E-state index in [1.807, 2.05) is 17.9 Å². The maximum atomic E-state index is 13.3. The molecular weight excluding hydrogens is 336 g/mol. The molecule has 2 atom stereocenters. The second kappa shape index (κ2) is 5.40. The highest BCUT2D eigenvalue weighted by molar-refractivity contribution is 8.02. The molecule has 0 N–H and O–H groups in total. The minimum absolute atomic E-state index is 0.00632. The lowest BCUT2D eigenvalue weighted by molar-refractivity contribution is -0.140. The highest BCUT2D eigenvalue weighted by Gasteiger charge is 2.58. The van der Waals surface area contributed by atoms with Gasteiger partial charge in [-0.05, 0) is 31.5 Å². The normalized spacial score (nSPS) is 29.7. The van der Waals surface area contributed by atoms with Crippen LogP contribution in [-0.2, 0) is 14.3 Å². The van der Waals surface area contributed by atoms with Crippen LogP contribution in [0.4, 0.5) is 5.69 Å². The van der Waals surface area contributed by atoms with E-state index in [0.717, 1.165) is 10.6 Å². The summed E-state index contributed by atoms with van der Waals surface area (Å²) >= 11 is 7.58. The van der Waals surface area contributed by atoms with Crippen molar-refractivity contribution in [2.75, 3.05) is 24.6 Å². The van der Waals surface area contributed by atoms with Crippen LogP contribution >= 0.6 is 23.4 Å². The molecule has 0 bridgehead atoms. The second-order valence-electron chi connectivity index (χ2n) is 6.16. The first-order valence-corrected chi connectivity index (χ1v) is 8.93. The average molecular weight is 353 g/mol. The summed E-state index contributed by atoms with van der Waals surface area (Å²) < 4.78 is 5.53. The van der Waals surface area contributed by atoms with Crippen molar-refractivity contribution in [2.45, 2.75) is 35.6 Å². The molecular formula is C16H17ClN2O3S. The van der Waals surface area contributed by atoms with Crippen molar-refractivity contribution in [3.05, 3.63) is 23.2 Å². The number of amides is 2. The molecule has 1 aromatic carbocycles. The highest BCUT2D eigenvalue weighted by Crippen LogP contribution is 2.57. The van der Waals surface area contributed by atoms with Crippen molar-refractivity contribution >= 4 is 40.9 Å². The molecule has 1 aromatic rings. The number of anilines is 1. The number of carbonyl (C=O) groups is 2. The maximum absolute atomic E-state index is 13.3. The number of fused-ring (bicyclic) bond motifs is 3. The van der Waals surface area contributed by atoms with Crippen LogP contribution < -0.4 is 4.90 Å². The Hall–Kier alpha value is -1.24. The fourth-order valence-corrected chi connectivity index (χ4v) is 5.19. The minimum atomic E-state index is -0.846. The van der Waals surface area contributed by atoms with Crippen molar-refractivity contribution in [3.63, 3.8) is 0 Å². The van der Waals surface area contributed by atoms with E-state index in [1.165, 1.54) is 11.8 Å². The number of morpholine rings is 1. The SMILES string of the molecule is C[C@H]1CN(C(=O)[C@@]23CCC(=O)N2c2cc(Cl)ccc2S3)CCO1. The molecule has 23 heavy (non-hydrogen) atoms. The molecule has 2 amide bonds. The lowest BCUT2D eigenvalue weighted by Gasteiger charge is -2.38. The van der Waals surface area contributed by atoms with E-state index in [4.69, 9.17) is 16.3 Å². The smallest absolute Gasteiger partial charge is 0.260 e. The summed E-state index contributed by atoms with van der Waals surface area (Å²) in [5.41, 5.74) is 0.764. The summed E-state index contributed by atoms with van der Waals surface area (Å²) in [6.07, 6.45) is 0.954. The number of carbonyl (C=O) groups excluding carboxylic acids is 2. The molecule has 3 heterocycles. The Kier molecular flexibility index (Phi) is 3.59. The third-order valence-corrected chi connectivity index (χ3v) is 6.29.